The Bertz CT molecular complexity index is 1340. The van der Waals surface area contributed by atoms with Crippen molar-refractivity contribution in [3.63, 3.8) is 0 Å². The number of carbonyl (C=O) groups is 2. The highest BCUT2D eigenvalue weighted by Crippen LogP contribution is 2.43. The van der Waals surface area contributed by atoms with Crippen LogP contribution in [-0.2, 0) is 14.2 Å². The Hall–Kier alpha value is -3.52. The number of hydrogen-bond donors (Lipinski definition) is 0. The van der Waals surface area contributed by atoms with Crippen molar-refractivity contribution >= 4 is 23.0 Å². The van der Waals surface area contributed by atoms with Gasteiger partial charge in [-0.1, -0.05) is 12.1 Å². The van der Waals surface area contributed by atoms with Crippen molar-refractivity contribution in [1.82, 2.24) is 4.57 Å². The Morgan fingerprint density at radius 2 is 1.75 bits per heavy atom. The molecule has 0 spiro atoms. The summed E-state index contributed by atoms with van der Waals surface area (Å²) in [7, 11) is 1.62. The lowest BCUT2D eigenvalue weighted by atomic mass is 9.79. The molecule has 3 atom stereocenters. The summed E-state index contributed by atoms with van der Waals surface area (Å²) in [6.07, 6.45) is 3.65. The van der Waals surface area contributed by atoms with Crippen LogP contribution < -0.4 is 9.47 Å². The zero-order valence-corrected chi connectivity index (χ0v) is 24.6. The van der Waals surface area contributed by atoms with Crippen LogP contribution in [0.4, 0.5) is 4.79 Å². The van der Waals surface area contributed by atoms with Crippen LogP contribution in [0.1, 0.15) is 81.3 Å². The Balaban J connectivity index is 1.71. The lowest BCUT2D eigenvalue weighted by Gasteiger charge is -2.37. The highest BCUT2D eigenvalue weighted by atomic mass is 16.6. The molecule has 1 heterocycles. The minimum absolute atomic E-state index is 0.0237. The van der Waals surface area contributed by atoms with Gasteiger partial charge in [-0.05, 0) is 96.2 Å². The van der Waals surface area contributed by atoms with Crippen molar-refractivity contribution in [3.05, 3.63) is 59.3 Å². The zero-order valence-electron chi connectivity index (χ0n) is 24.6. The molecule has 40 heavy (non-hydrogen) atoms. The van der Waals surface area contributed by atoms with Crippen LogP contribution in [0.25, 0.3) is 10.9 Å². The van der Waals surface area contributed by atoms with Gasteiger partial charge in [-0.25, -0.2) is 9.59 Å². The largest absolute Gasteiger partial charge is 0.493 e. The number of nitrogens with zero attached hydrogens (tertiary/aromatic N) is 1. The smallest absolute Gasteiger partial charge is 0.419 e. The number of aryl methyl sites for hydroxylation is 1. The molecule has 8 heteroatoms. The standard InChI is InChI=1S/C32H41NO7/c1-8-37-23-14-15-26(25(19-23)21-10-12-22(13-11-21)30(34)38-9-2)39-29-24-16-17-33(31(35)40-32(4,5)6)28(24)20(3)18-27(29)36-7/h10-13,16-18,23,25-26H,8-9,14-15,19H2,1-7H3. The van der Waals surface area contributed by atoms with Gasteiger partial charge in [0.2, 0.25) is 0 Å². The molecule has 0 saturated heterocycles. The first kappa shape index (κ1) is 29.5. The zero-order chi connectivity index (χ0) is 29.0. The van der Waals surface area contributed by atoms with E-state index in [0.717, 1.165) is 41.3 Å². The van der Waals surface area contributed by atoms with Gasteiger partial charge in [-0.15, -0.1) is 0 Å². The summed E-state index contributed by atoms with van der Waals surface area (Å²) in [5.74, 6) is 0.892. The summed E-state index contributed by atoms with van der Waals surface area (Å²) in [6.45, 7) is 12.3. The molecule has 0 radical (unpaired) electrons. The third kappa shape index (κ3) is 6.44. The molecular weight excluding hydrogens is 510 g/mol. The van der Waals surface area contributed by atoms with Crippen LogP contribution in [0.2, 0.25) is 0 Å². The molecule has 0 aliphatic heterocycles. The summed E-state index contributed by atoms with van der Waals surface area (Å²) < 4.78 is 30.9. The summed E-state index contributed by atoms with van der Waals surface area (Å²) in [5.41, 5.74) is 2.56. The van der Waals surface area contributed by atoms with E-state index in [4.69, 9.17) is 23.7 Å². The van der Waals surface area contributed by atoms with Gasteiger partial charge >= 0.3 is 12.1 Å². The first-order valence-corrected chi connectivity index (χ1v) is 14.0. The van der Waals surface area contributed by atoms with Gasteiger partial charge in [-0.3, -0.25) is 4.57 Å². The highest BCUT2D eigenvalue weighted by molar-refractivity contribution is 5.97. The van der Waals surface area contributed by atoms with Crippen molar-refractivity contribution in [1.29, 1.82) is 0 Å². The second-order valence-electron chi connectivity index (χ2n) is 11.1. The SMILES string of the molecule is CCOC(=O)c1ccc(C2CC(OCC)CCC2Oc2c(OC)cc(C)c3c2ccn3C(=O)OC(C)(C)C)cc1. The predicted molar refractivity (Wildman–Crippen MR) is 154 cm³/mol. The van der Waals surface area contributed by atoms with Crippen molar-refractivity contribution in [2.45, 2.75) is 84.5 Å². The molecule has 1 aliphatic carbocycles. The Morgan fingerprint density at radius 1 is 1.02 bits per heavy atom. The molecule has 3 aromatic rings. The third-order valence-corrected chi connectivity index (χ3v) is 7.15. The van der Waals surface area contributed by atoms with E-state index in [1.54, 1.807) is 32.4 Å². The van der Waals surface area contributed by atoms with Crippen LogP contribution in [0.5, 0.6) is 11.5 Å². The molecule has 4 rings (SSSR count). The Morgan fingerprint density at radius 3 is 2.38 bits per heavy atom. The number of hydrogen-bond acceptors (Lipinski definition) is 7. The molecule has 8 nitrogen and oxygen atoms in total. The minimum atomic E-state index is -0.622. The first-order valence-electron chi connectivity index (χ1n) is 14.0. The number of carbonyl (C=O) groups excluding carboxylic acids is 2. The van der Waals surface area contributed by atoms with E-state index in [1.165, 1.54) is 4.57 Å². The van der Waals surface area contributed by atoms with E-state index in [2.05, 4.69) is 0 Å². The van der Waals surface area contributed by atoms with E-state index in [0.29, 0.717) is 30.3 Å². The molecule has 1 fully saturated rings. The number of methoxy groups -OCH3 is 1. The molecule has 216 valence electrons. The van der Waals surface area contributed by atoms with Gasteiger partial charge in [0.15, 0.2) is 11.5 Å². The topological polar surface area (TPSA) is 85.2 Å². The lowest BCUT2D eigenvalue weighted by Crippen LogP contribution is -2.35. The quantitative estimate of drug-likeness (QED) is 0.278. The summed E-state index contributed by atoms with van der Waals surface area (Å²) in [6, 6.07) is 11.3. The normalized spacial score (nSPS) is 19.3. The maximum Gasteiger partial charge on any atom is 0.419 e. The first-order chi connectivity index (χ1) is 19.1. The van der Waals surface area contributed by atoms with Crippen LogP contribution in [0.3, 0.4) is 0 Å². The number of rotatable bonds is 8. The fraction of sp³-hybridized carbons (Fsp3) is 0.500. The van der Waals surface area contributed by atoms with Gasteiger partial charge in [0, 0.05) is 24.1 Å². The highest BCUT2D eigenvalue weighted by Gasteiger charge is 2.35. The molecular formula is C32H41NO7. The number of aromatic nitrogens is 1. The molecule has 2 aromatic carbocycles. The number of benzene rings is 2. The minimum Gasteiger partial charge on any atom is -0.493 e. The fourth-order valence-electron chi connectivity index (χ4n) is 5.43. The third-order valence-electron chi connectivity index (χ3n) is 7.15. The maximum absolute atomic E-state index is 13.0. The average Bonchev–Trinajstić information content (AvgIpc) is 3.37. The Kier molecular flexibility index (Phi) is 9.08. The van der Waals surface area contributed by atoms with Crippen LogP contribution in [0, 0.1) is 6.92 Å². The lowest BCUT2D eigenvalue weighted by molar-refractivity contribution is -0.00250. The summed E-state index contributed by atoms with van der Waals surface area (Å²) in [4.78, 5) is 25.2. The van der Waals surface area contributed by atoms with E-state index in [-0.39, 0.29) is 24.1 Å². The van der Waals surface area contributed by atoms with Crippen LogP contribution >= 0.6 is 0 Å². The van der Waals surface area contributed by atoms with E-state index < -0.39 is 11.7 Å². The average molecular weight is 552 g/mol. The molecule has 1 saturated carbocycles. The van der Waals surface area contributed by atoms with Gasteiger partial charge < -0.3 is 23.7 Å². The Labute approximate surface area is 236 Å². The van der Waals surface area contributed by atoms with E-state index in [9.17, 15) is 9.59 Å². The van der Waals surface area contributed by atoms with E-state index in [1.807, 2.05) is 58.9 Å². The molecule has 0 N–H and O–H groups in total. The molecule has 1 aliphatic rings. The molecule has 1 aromatic heterocycles. The van der Waals surface area contributed by atoms with Gasteiger partial charge in [0.25, 0.3) is 0 Å². The molecule has 3 unspecified atom stereocenters. The second kappa shape index (κ2) is 12.3. The maximum atomic E-state index is 13.0. The predicted octanol–water partition coefficient (Wildman–Crippen LogP) is 7.04. The summed E-state index contributed by atoms with van der Waals surface area (Å²) >= 11 is 0. The molecule has 0 bridgehead atoms. The number of ether oxygens (including phenoxy) is 5. The van der Waals surface area contributed by atoms with Gasteiger partial charge in [0.05, 0.1) is 30.9 Å². The van der Waals surface area contributed by atoms with Crippen molar-refractivity contribution in [3.8, 4) is 11.5 Å². The molecule has 0 amide bonds. The number of fused-ring (bicyclic) bond motifs is 1. The summed E-state index contributed by atoms with van der Waals surface area (Å²) in [5, 5.41) is 0.783. The fourth-order valence-corrected chi connectivity index (χ4v) is 5.43. The van der Waals surface area contributed by atoms with Crippen molar-refractivity contribution < 1.29 is 33.3 Å². The van der Waals surface area contributed by atoms with Crippen LogP contribution in [0.15, 0.2) is 42.6 Å². The van der Waals surface area contributed by atoms with E-state index >= 15 is 0 Å². The number of esters is 1. The van der Waals surface area contributed by atoms with Crippen LogP contribution in [-0.4, -0.2) is 54.8 Å². The van der Waals surface area contributed by atoms with Crippen molar-refractivity contribution in [2.24, 2.45) is 0 Å². The second-order valence-corrected chi connectivity index (χ2v) is 11.1. The van der Waals surface area contributed by atoms with Gasteiger partial charge in [-0.2, -0.15) is 0 Å². The van der Waals surface area contributed by atoms with Crippen molar-refractivity contribution in [2.75, 3.05) is 20.3 Å². The van der Waals surface area contributed by atoms with Gasteiger partial charge in [0.1, 0.15) is 11.7 Å². The monoisotopic (exact) mass is 551 g/mol.